The van der Waals surface area contributed by atoms with Crippen molar-refractivity contribution >= 4 is 23.4 Å². The molecule has 2 aromatic carbocycles. The predicted octanol–water partition coefficient (Wildman–Crippen LogP) is 6.69. The van der Waals surface area contributed by atoms with E-state index in [0.717, 1.165) is 23.2 Å². The molecule has 0 unspecified atom stereocenters. The Morgan fingerprint density at radius 3 is 2.53 bits per heavy atom. The molecule has 0 bridgehead atoms. The number of carbonyl (C=O) groups excluding carboxylic acids is 2. The van der Waals surface area contributed by atoms with Crippen molar-refractivity contribution in [2.24, 2.45) is 5.92 Å². The maximum absolute atomic E-state index is 13.8. The number of para-hydroxylation sites is 1. The number of ether oxygens (including phenoxy) is 2. The zero-order valence-electron chi connectivity index (χ0n) is 21.4. The first kappa shape index (κ1) is 26.0. The van der Waals surface area contributed by atoms with Crippen LogP contribution in [0.15, 0.2) is 71.1 Å². The third-order valence-electron chi connectivity index (χ3n) is 6.63. The molecule has 0 amide bonds. The number of ketones is 1. The van der Waals surface area contributed by atoms with Crippen LogP contribution in [0.25, 0.3) is 0 Å². The molecule has 1 heterocycles. The fourth-order valence-corrected chi connectivity index (χ4v) is 5.10. The van der Waals surface area contributed by atoms with Crippen molar-refractivity contribution in [3.63, 3.8) is 0 Å². The molecule has 0 fully saturated rings. The fraction of sp³-hybridized carbons (Fsp3) is 0.400. The summed E-state index contributed by atoms with van der Waals surface area (Å²) in [6.07, 6.45) is 1.89. The molecule has 1 aliphatic carbocycles. The van der Waals surface area contributed by atoms with Gasteiger partial charge in [0.25, 0.3) is 0 Å². The topological polar surface area (TPSA) is 64.6 Å². The van der Waals surface area contributed by atoms with Gasteiger partial charge in [-0.3, -0.25) is 4.79 Å². The monoisotopic (exact) mass is 507 g/mol. The normalized spacial score (nSPS) is 19.8. The molecule has 36 heavy (non-hydrogen) atoms. The van der Waals surface area contributed by atoms with Crippen LogP contribution in [0.1, 0.15) is 69.9 Å². The Balaban J connectivity index is 1.79. The number of rotatable bonds is 8. The molecule has 190 valence electrons. The summed E-state index contributed by atoms with van der Waals surface area (Å²) in [5.41, 5.74) is 4.57. The number of hydrogen-bond donors (Lipinski definition) is 1. The van der Waals surface area contributed by atoms with Gasteiger partial charge in [-0.1, -0.05) is 62.7 Å². The fourth-order valence-electron chi connectivity index (χ4n) is 4.97. The summed E-state index contributed by atoms with van der Waals surface area (Å²) >= 11 is 6.09. The molecule has 6 heteroatoms. The minimum atomic E-state index is -0.548. The highest BCUT2D eigenvalue weighted by atomic mass is 35.5. The van der Waals surface area contributed by atoms with E-state index in [4.69, 9.17) is 21.1 Å². The van der Waals surface area contributed by atoms with E-state index in [2.05, 4.69) is 5.32 Å². The second kappa shape index (κ2) is 11.3. The average molecular weight is 508 g/mol. The summed E-state index contributed by atoms with van der Waals surface area (Å²) in [5, 5.41) is 4.08. The molecule has 1 aliphatic heterocycles. The standard InChI is InChI=1S/C30H34ClNO4/c1-5-14-35-26-9-7-6-8-23(26)28-27(30(34)36-17-18(2)3)19(4)32-24-15-21(16-25(33)29(24)28)20-10-12-22(31)13-11-20/h6-13,18,21,28,32H,5,14-17H2,1-4H3/t21-,28-/m0/s1. The highest BCUT2D eigenvalue weighted by Gasteiger charge is 2.42. The van der Waals surface area contributed by atoms with Crippen LogP contribution in [-0.4, -0.2) is 25.0 Å². The summed E-state index contributed by atoms with van der Waals surface area (Å²) in [7, 11) is 0. The molecular weight excluding hydrogens is 474 g/mol. The molecule has 2 aliphatic rings. The smallest absolute Gasteiger partial charge is 0.336 e. The molecule has 2 aromatic rings. The van der Waals surface area contributed by atoms with E-state index in [1.807, 2.05) is 76.2 Å². The van der Waals surface area contributed by atoms with Crippen molar-refractivity contribution in [3.05, 3.63) is 87.2 Å². The van der Waals surface area contributed by atoms with Crippen LogP contribution in [0.3, 0.4) is 0 Å². The van der Waals surface area contributed by atoms with Gasteiger partial charge >= 0.3 is 5.97 Å². The van der Waals surface area contributed by atoms with E-state index in [-0.39, 0.29) is 17.6 Å². The number of dihydropyridines is 1. The highest BCUT2D eigenvalue weighted by Crippen LogP contribution is 2.47. The van der Waals surface area contributed by atoms with Gasteiger partial charge < -0.3 is 14.8 Å². The lowest BCUT2D eigenvalue weighted by atomic mass is 9.71. The first-order chi connectivity index (χ1) is 17.3. The third kappa shape index (κ3) is 5.52. The van der Waals surface area contributed by atoms with E-state index >= 15 is 0 Å². The Kier molecular flexibility index (Phi) is 8.20. The van der Waals surface area contributed by atoms with Crippen LogP contribution >= 0.6 is 11.6 Å². The van der Waals surface area contributed by atoms with E-state index in [9.17, 15) is 9.59 Å². The zero-order valence-corrected chi connectivity index (χ0v) is 22.2. The van der Waals surface area contributed by atoms with Gasteiger partial charge in [0.2, 0.25) is 0 Å². The highest BCUT2D eigenvalue weighted by molar-refractivity contribution is 6.30. The Labute approximate surface area is 218 Å². The van der Waals surface area contributed by atoms with E-state index in [1.165, 1.54) is 0 Å². The number of nitrogens with one attached hydrogen (secondary N) is 1. The lowest BCUT2D eigenvalue weighted by molar-refractivity contribution is -0.140. The summed E-state index contributed by atoms with van der Waals surface area (Å²) in [4.78, 5) is 27.2. The Morgan fingerprint density at radius 1 is 1.11 bits per heavy atom. The molecule has 4 rings (SSSR count). The SMILES string of the molecule is CCCOc1ccccc1[C@H]1C(C(=O)OCC(C)C)=C(C)NC2=C1C(=O)C[C@@H](c1ccc(Cl)cc1)C2. The van der Waals surface area contributed by atoms with Gasteiger partial charge in [-0.05, 0) is 55.4 Å². The van der Waals surface area contributed by atoms with Gasteiger partial charge in [-0.15, -0.1) is 0 Å². The van der Waals surface area contributed by atoms with Crippen molar-refractivity contribution < 1.29 is 19.1 Å². The van der Waals surface area contributed by atoms with E-state index in [1.54, 1.807) is 0 Å². The molecule has 0 saturated heterocycles. The third-order valence-corrected chi connectivity index (χ3v) is 6.88. The number of Topliss-reactive ketones (excluding diaryl/α,β-unsaturated/α-hetero) is 1. The van der Waals surface area contributed by atoms with E-state index in [0.29, 0.717) is 53.7 Å². The van der Waals surface area contributed by atoms with Gasteiger partial charge in [0.15, 0.2) is 5.78 Å². The Hall–Kier alpha value is -3.05. The summed E-state index contributed by atoms with van der Waals surface area (Å²) < 4.78 is 11.8. The predicted molar refractivity (Wildman–Crippen MR) is 142 cm³/mol. The van der Waals surface area contributed by atoms with Crippen molar-refractivity contribution in [2.75, 3.05) is 13.2 Å². The lowest BCUT2D eigenvalue weighted by Gasteiger charge is -2.37. The number of hydrogen-bond acceptors (Lipinski definition) is 5. The summed E-state index contributed by atoms with van der Waals surface area (Å²) in [6, 6.07) is 15.4. The van der Waals surface area contributed by atoms with Gasteiger partial charge in [0, 0.05) is 34.0 Å². The van der Waals surface area contributed by atoms with Crippen molar-refractivity contribution in [2.45, 2.75) is 58.8 Å². The van der Waals surface area contributed by atoms with Crippen LogP contribution in [0.4, 0.5) is 0 Å². The van der Waals surface area contributed by atoms with Gasteiger partial charge in [-0.25, -0.2) is 4.79 Å². The molecule has 0 radical (unpaired) electrons. The average Bonchev–Trinajstić information content (AvgIpc) is 2.85. The lowest BCUT2D eigenvalue weighted by Crippen LogP contribution is -2.36. The molecule has 1 N–H and O–H groups in total. The largest absolute Gasteiger partial charge is 0.493 e. The molecule has 0 aromatic heterocycles. The van der Waals surface area contributed by atoms with Crippen LogP contribution < -0.4 is 10.1 Å². The quantitative estimate of drug-likeness (QED) is 0.403. The molecule has 0 spiro atoms. The number of esters is 1. The number of allylic oxidation sites excluding steroid dienone is 3. The maximum atomic E-state index is 13.8. The second-order valence-corrected chi connectivity index (χ2v) is 10.4. The number of halogens is 1. The van der Waals surface area contributed by atoms with Crippen LogP contribution in [0, 0.1) is 5.92 Å². The minimum absolute atomic E-state index is 0.0284. The van der Waals surface area contributed by atoms with Crippen LogP contribution in [0.5, 0.6) is 5.75 Å². The number of carbonyl (C=O) groups is 2. The zero-order chi connectivity index (χ0) is 25.8. The summed E-state index contributed by atoms with van der Waals surface area (Å²) in [6.45, 7) is 8.80. The van der Waals surface area contributed by atoms with Crippen molar-refractivity contribution in [1.29, 1.82) is 0 Å². The summed E-state index contributed by atoms with van der Waals surface area (Å²) in [5.74, 6) is 0.0101. The Morgan fingerprint density at radius 2 is 1.83 bits per heavy atom. The molecule has 5 nitrogen and oxygen atoms in total. The Bertz CT molecular complexity index is 1200. The van der Waals surface area contributed by atoms with Gasteiger partial charge in [-0.2, -0.15) is 0 Å². The molecular formula is C30H34ClNO4. The van der Waals surface area contributed by atoms with Crippen LogP contribution in [-0.2, 0) is 14.3 Å². The van der Waals surface area contributed by atoms with Crippen LogP contribution in [0.2, 0.25) is 5.02 Å². The second-order valence-electron chi connectivity index (χ2n) is 9.95. The van der Waals surface area contributed by atoms with E-state index < -0.39 is 11.9 Å². The van der Waals surface area contributed by atoms with Crippen molar-refractivity contribution in [1.82, 2.24) is 5.32 Å². The maximum Gasteiger partial charge on any atom is 0.336 e. The van der Waals surface area contributed by atoms with Crippen molar-refractivity contribution in [3.8, 4) is 5.75 Å². The number of benzene rings is 2. The van der Waals surface area contributed by atoms with Gasteiger partial charge in [0.1, 0.15) is 5.75 Å². The first-order valence-electron chi connectivity index (χ1n) is 12.7. The molecule has 2 atom stereocenters. The minimum Gasteiger partial charge on any atom is -0.493 e. The first-order valence-corrected chi connectivity index (χ1v) is 13.1. The molecule has 0 saturated carbocycles. The van der Waals surface area contributed by atoms with Gasteiger partial charge in [0.05, 0.1) is 24.7 Å².